The van der Waals surface area contributed by atoms with E-state index in [1.807, 2.05) is 0 Å². The number of aliphatic hydroxyl groups is 1. The molecule has 17 heavy (non-hydrogen) atoms. The number of nitrogens with one attached hydrogen (secondary N) is 2. The summed E-state index contributed by atoms with van der Waals surface area (Å²) < 4.78 is 4.97. The Morgan fingerprint density at radius 2 is 2.06 bits per heavy atom. The summed E-state index contributed by atoms with van der Waals surface area (Å²) in [7, 11) is 1.58. The second-order valence-electron chi connectivity index (χ2n) is 5.16. The maximum Gasteiger partial charge on any atom is 0.221 e. The van der Waals surface area contributed by atoms with Gasteiger partial charge in [0.05, 0.1) is 12.6 Å². The SMILES string of the molecule is COCC(CCO)NC(=O)CCNC(C)(C)C. The summed E-state index contributed by atoms with van der Waals surface area (Å²) in [6, 6.07) is -0.105. The maximum atomic E-state index is 11.6. The molecule has 0 radical (unpaired) electrons. The summed E-state index contributed by atoms with van der Waals surface area (Å²) in [5, 5.41) is 14.9. The molecule has 3 N–H and O–H groups in total. The molecule has 0 rings (SSSR count). The molecule has 1 amide bonds. The maximum absolute atomic E-state index is 11.6. The molecular weight excluding hydrogens is 220 g/mol. The van der Waals surface area contributed by atoms with Crippen LogP contribution in [0.1, 0.15) is 33.6 Å². The second kappa shape index (κ2) is 8.44. The molecule has 1 atom stereocenters. The van der Waals surface area contributed by atoms with Gasteiger partial charge in [0, 0.05) is 32.2 Å². The number of hydrogen-bond donors (Lipinski definition) is 3. The smallest absolute Gasteiger partial charge is 0.221 e. The molecular formula is C12H26N2O3. The molecule has 0 aromatic carbocycles. The first-order valence-corrected chi connectivity index (χ1v) is 6.03. The van der Waals surface area contributed by atoms with Crippen molar-refractivity contribution in [1.29, 1.82) is 0 Å². The van der Waals surface area contributed by atoms with Gasteiger partial charge < -0.3 is 20.5 Å². The average Bonchev–Trinajstić information content (AvgIpc) is 2.16. The zero-order chi connectivity index (χ0) is 13.3. The third-order valence-corrected chi connectivity index (χ3v) is 2.22. The summed E-state index contributed by atoms with van der Waals surface area (Å²) in [4.78, 5) is 11.6. The van der Waals surface area contributed by atoms with Crippen LogP contribution in [0.2, 0.25) is 0 Å². The average molecular weight is 246 g/mol. The van der Waals surface area contributed by atoms with E-state index in [0.29, 0.717) is 26.0 Å². The first kappa shape index (κ1) is 16.4. The standard InChI is InChI=1S/C12H26N2O3/c1-12(2,3)13-7-5-11(16)14-10(6-8-15)9-17-4/h10,13,15H,5-9H2,1-4H3,(H,14,16). The molecule has 0 spiro atoms. The fraction of sp³-hybridized carbons (Fsp3) is 0.917. The molecule has 5 nitrogen and oxygen atoms in total. The zero-order valence-corrected chi connectivity index (χ0v) is 11.4. The summed E-state index contributed by atoms with van der Waals surface area (Å²) in [5.74, 6) is -0.0164. The minimum atomic E-state index is -0.105. The molecule has 0 aliphatic heterocycles. The van der Waals surface area contributed by atoms with Crippen molar-refractivity contribution in [1.82, 2.24) is 10.6 Å². The summed E-state index contributed by atoms with van der Waals surface area (Å²) >= 11 is 0. The Labute approximate surface area is 104 Å². The lowest BCUT2D eigenvalue weighted by atomic mass is 10.1. The van der Waals surface area contributed by atoms with E-state index in [4.69, 9.17) is 9.84 Å². The minimum absolute atomic E-state index is 0.0164. The first-order chi connectivity index (χ1) is 7.89. The highest BCUT2D eigenvalue weighted by molar-refractivity contribution is 5.76. The Morgan fingerprint density at radius 3 is 2.53 bits per heavy atom. The monoisotopic (exact) mass is 246 g/mol. The number of hydrogen-bond acceptors (Lipinski definition) is 4. The molecule has 1 unspecified atom stereocenters. The molecule has 0 aliphatic carbocycles. The lowest BCUT2D eigenvalue weighted by Gasteiger charge is -2.21. The molecule has 0 aliphatic rings. The Balaban J connectivity index is 3.81. The highest BCUT2D eigenvalue weighted by Gasteiger charge is 2.13. The lowest BCUT2D eigenvalue weighted by molar-refractivity contribution is -0.122. The van der Waals surface area contributed by atoms with E-state index in [2.05, 4.69) is 31.4 Å². The van der Waals surface area contributed by atoms with Gasteiger partial charge >= 0.3 is 0 Å². The van der Waals surface area contributed by atoms with Crippen molar-refractivity contribution in [2.24, 2.45) is 0 Å². The van der Waals surface area contributed by atoms with Crippen molar-refractivity contribution >= 4 is 5.91 Å². The third-order valence-electron chi connectivity index (χ3n) is 2.22. The Bertz CT molecular complexity index is 208. The minimum Gasteiger partial charge on any atom is -0.396 e. The molecule has 0 bridgehead atoms. The normalized spacial score (nSPS) is 13.5. The van der Waals surface area contributed by atoms with Crippen molar-refractivity contribution in [3.63, 3.8) is 0 Å². The number of methoxy groups -OCH3 is 1. The van der Waals surface area contributed by atoms with Gasteiger partial charge in [0.1, 0.15) is 0 Å². The van der Waals surface area contributed by atoms with Crippen LogP contribution in [-0.2, 0) is 9.53 Å². The Hall–Kier alpha value is -0.650. The van der Waals surface area contributed by atoms with Crippen LogP contribution < -0.4 is 10.6 Å². The van der Waals surface area contributed by atoms with Gasteiger partial charge in [0.2, 0.25) is 5.91 Å². The predicted octanol–water partition coefficient (Wildman–Crippen LogP) is 0.278. The first-order valence-electron chi connectivity index (χ1n) is 6.03. The molecule has 0 saturated carbocycles. The van der Waals surface area contributed by atoms with Crippen LogP contribution in [0.3, 0.4) is 0 Å². The van der Waals surface area contributed by atoms with Crippen molar-refractivity contribution in [2.45, 2.75) is 45.2 Å². The molecule has 0 heterocycles. The van der Waals surface area contributed by atoms with Crippen LogP contribution in [0.25, 0.3) is 0 Å². The third kappa shape index (κ3) is 10.2. The summed E-state index contributed by atoms with van der Waals surface area (Å²) in [6.45, 7) is 7.31. The predicted molar refractivity (Wildman–Crippen MR) is 67.9 cm³/mol. The van der Waals surface area contributed by atoms with E-state index in [1.165, 1.54) is 0 Å². The molecule has 5 heteroatoms. The largest absolute Gasteiger partial charge is 0.396 e. The Kier molecular flexibility index (Phi) is 8.12. The fourth-order valence-electron chi connectivity index (χ4n) is 1.41. The van der Waals surface area contributed by atoms with Crippen LogP contribution in [-0.4, -0.2) is 49.5 Å². The highest BCUT2D eigenvalue weighted by Crippen LogP contribution is 1.98. The van der Waals surface area contributed by atoms with Crippen LogP contribution in [0.15, 0.2) is 0 Å². The van der Waals surface area contributed by atoms with Gasteiger partial charge in [-0.05, 0) is 27.2 Å². The van der Waals surface area contributed by atoms with Crippen molar-refractivity contribution in [3.8, 4) is 0 Å². The van der Waals surface area contributed by atoms with Crippen LogP contribution in [0.5, 0.6) is 0 Å². The lowest BCUT2D eigenvalue weighted by Crippen LogP contribution is -2.42. The van der Waals surface area contributed by atoms with Gasteiger partial charge in [-0.1, -0.05) is 0 Å². The number of amides is 1. The second-order valence-corrected chi connectivity index (χ2v) is 5.16. The number of aliphatic hydroxyl groups excluding tert-OH is 1. The van der Waals surface area contributed by atoms with Crippen molar-refractivity contribution in [3.05, 3.63) is 0 Å². The number of carbonyl (C=O) groups excluding carboxylic acids is 1. The number of carbonyl (C=O) groups is 1. The Morgan fingerprint density at radius 1 is 1.41 bits per heavy atom. The van der Waals surface area contributed by atoms with E-state index in [9.17, 15) is 4.79 Å². The summed E-state index contributed by atoms with van der Waals surface area (Å²) in [6.07, 6.45) is 0.954. The van der Waals surface area contributed by atoms with Gasteiger partial charge in [-0.25, -0.2) is 0 Å². The zero-order valence-electron chi connectivity index (χ0n) is 11.4. The van der Waals surface area contributed by atoms with Crippen molar-refractivity contribution in [2.75, 3.05) is 26.9 Å². The molecule has 102 valence electrons. The van der Waals surface area contributed by atoms with Gasteiger partial charge in [-0.2, -0.15) is 0 Å². The van der Waals surface area contributed by atoms with Crippen molar-refractivity contribution < 1.29 is 14.6 Å². The molecule has 0 aromatic heterocycles. The topological polar surface area (TPSA) is 70.6 Å². The van der Waals surface area contributed by atoms with Gasteiger partial charge in [-0.15, -0.1) is 0 Å². The molecule has 0 fully saturated rings. The fourth-order valence-corrected chi connectivity index (χ4v) is 1.41. The number of rotatable bonds is 8. The van der Waals surface area contributed by atoms with Crippen LogP contribution in [0.4, 0.5) is 0 Å². The summed E-state index contributed by atoms with van der Waals surface area (Å²) in [5.41, 5.74) is 0.0251. The molecule has 0 saturated heterocycles. The molecule has 0 aromatic rings. The van der Waals surface area contributed by atoms with Gasteiger partial charge in [0.25, 0.3) is 0 Å². The van der Waals surface area contributed by atoms with E-state index in [1.54, 1.807) is 7.11 Å². The van der Waals surface area contributed by atoms with Crippen LogP contribution >= 0.6 is 0 Å². The van der Waals surface area contributed by atoms with Crippen LogP contribution in [0, 0.1) is 0 Å². The van der Waals surface area contributed by atoms with E-state index < -0.39 is 0 Å². The van der Waals surface area contributed by atoms with E-state index in [-0.39, 0.29) is 24.1 Å². The number of ether oxygens (including phenoxy) is 1. The van der Waals surface area contributed by atoms with Gasteiger partial charge in [-0.3, -0.25) is 4.79 Å². The van der Waals surface area contributed by atoms with E-state index in [0.717, 1.165) is 0 Å². The van der Waals surface area contributed by atoms with E-state index >= 15 is 0 Å². The highest BCUT2D eigenvalue weighted by atomic mass is 16.5. The quantitative estimate of drug-likeness (QED) is 0.575. The van der Waals surface area contributed by atoms with Gasteiger partial charge in [0.15, 0.2) is 0 Å².